The summed E-state index contributed by atoms with van der Waals surface area (Å²) in [5.41, 5.74) is 3.60. The van der Waals surface area contributed by atoms with Gasteiger partial charge in [0.1, 0.15) is 11.8 Å². The van der Waals surface area contributed by atoms with Crippen LogP contribution in [0.5, 0.6) is 5.75 Å². The summed E-state index contributed by atoms with van der Waals surface area (Å²) in [7, 11) is 1.58. The number of rotatable bonds is 9. The molecule has 1 saturated carbocycles. The number of aromatic amines is 1. The van der Waals surface area contributed by atoms with Crippen molar-refractivity contribution in [3.05, 3.63) is 90.1 Å². The minimum Gasteiger partial charge on any atom is -0.497 e. The van der Waals surface area contributed by atoms with Gasteiger partial charge in [-0.15, -0.1) is 0 Å². The first kappa shape index (κ1) is 28.0. The lowest BCUT2D eigenvalue weighted by Crippen LogP contribution is -2.47. The van der Waals surface area contributed by atoms with E-state index in [0.717, 1.165) is 42.1 Å². The molecule has 1 fully saturated rings. The number of carbonyl (C=O) groups excluding carboxylic acids is 3. The van der Waals surface area contributed by atoms with Gasteiger partial charge in [0.2, 0.25) is 17.7 Å². The minimum absolute atomic E-state index is 0.0667. The normalized spacial score (nSPS) is 14.3. The van der Waals surface area contributed by atoms with E-state index in [1.165, 1.54) is 13.3 Å². The van der Waals surface area contributed by atoms with Crippen molar-refractivity contribution < 1.29 is 19.1 Å². The molecule has 3 aromatic carbocycles. The average Bonchev–Trinajstić information content (AvgIpc) is 3.39. The number of aromatic nitrogens is 1. The SMILES string of the molecule is COc1cccc([C@@H](C(=O)NC2CCCCC2)N(C(=O)Cc2c[nH]c3ccccc23)c2ccc(NC(C)=O)cc2)c1. The molecule has 0 bridgehead atoms. The fourth-order valence-electron chi connectivity index (χ4n) is 5.63. The first-order valence-corrected chi connectivity index (χ1v) is 14.1. The molecule has 0 saturated heterocycles. The van der Waals surface area contributed by atoms with E-state index in [4.69, 9.17) is 4.74 Å². The summed E-state index contributed by atoms with van der Waals surface area (Å²) in [5, 5.41) is 6.98. The third-order valence-electron chi connectivity index (χ3n) is 7.62. The van der Waals surface area contributed by atoms with Crippen LogP contribution in [0.3, 0.4) is 0 Å². The lowest BCUT2D eigenvalue weighted by Gasteiger charge is -2.33. The Balaban J connectivity index is 1.57. The molecule has 1 atom stereocenters. The first-order valence-electron chi connectivity index (χ1n) is 14.1. The van der Waals surface area contributed by atoms with E-state index in [9.17, 15) is 14.4 Å². The summed E-state index contributed by atoms with van der Waals surface area (Å²) in [6.45, 7) is 1.44. The predicted octanol–water partition coefficient (Wildman–Crippen LogP) is 5.90. The van der Waals surface area contributed by atoms with Crippen LogP contribution >= 0.6 is 0 Å². The largest absolute Gasteiger partial charge is 0.497 e. The van der Waals surface area contributed by atoms with E-state index in [2.05, 4.69) is 15.6 Å². The third-order valence-corrected chi connectivity index (χ3v) is 7.62. The van der Waals surface area contributed by atoms with Gasteiger partial charge in [-0.25, -0.2) is 0 Å². The van der Waals surface area contributed by atoms with Crippen LogP contribution in [0.1, 0.15) is 56.2 Å². The van der Waals surface area contributed by atoms with Crippen molar-refractivity contribution in [2.24, 2.45) is 0 Å². The zero-order valence-electron chi connectivity index (χ0n) is 23.5. The Bertz CT molecular complexity index is 1520. The average molecular weight is 553 g/mol. The van der Waals surface area contributed by atoms with Crippen LogP contribution in [0, 0.1) is 0 Å². The smallest absolute Gasteiger partial charge is 0.248 e. The van der Waals surface area contributed by atoms with Gasteiger partial charge in [0.25, 0.3) is 0 Å². The van der Waals surface area contributed by atoms with Gasteiger partial charge in [-0.05, 0) is 66.4 Å². The highest BCUT2D eigenvalue weighted by atomic mass is 16.5. The summed E-state index contributed by atoms with van der Waals surface area (Å²) in [5.74, 6) is -0.0499. The Morgan fingerprint density at radius 3 is 2.46 bits per heavy atom. The molecule has 0 spiro atoms. The summed E-state index contributed by atoms with van der Waals surface area (Å²) < 4.78 is 5.49. The highest BCUT2D eigenvalue weighted by Crippen LogP contribution is 2.33. The molecule has 4 aromatic rings. The van der Waals surface area contributed by atoms with Crippen LogP contribution in [0.4, 0.5) is 11.4 Å². The first-order chi connectivity index (χ1) is 19.9. The fraction of sp³-hybridized carbons (Fsp3) is 0.303. The van der Waals surface area contributed by atoms with E-state index in [1.54, 1.807) is 36.3 Å². The van der Waals surface area contributed by atoms with Crippen LogP contribution in [0.15, 0.2) is 79.0 Å². The molecule has 0 aliphatic heterocycles. The molecular formula is C33H36N4O4. The van der Waals surface area contributed by atoms with Crippen LogP contribution in [0.25, 0.3) is 10.9 Å². The molecule has 8 heteroatoms. The molecule has 41 heavy (non-hydrogen) atoms. The van der Waals surface area contributed by atoms with Crippen molar-refractivity contribution in [3.63, 3.8) is 0 Å². The molecule has 1 heterocycles. The van der Waals surface area contributed by atoms with Crippen molar-refractivity contribution >= 4 is 40.0 Å². The molecule has 8 nitrogen and oxygen atoms in total. The van der Waals surface area contributed by atoms with E-state index >= 15 is 0 Å². The van der Waals surface area contributed by atoms with Gasteiger partial charge < -0.3 is 20.4 Å². The maximum Gasteiger partial charge on any atom is 0.248 e. The maximum absolute atomic E-state index is 14.3. The van der Waals surface area contributed by atoms with Gasteiger partial charge >= 0.3 is 0 Å². The number of hydrogen-bond donors (Lipinski definition) is 3. The number of para-hydroxylation sites is 1. The van der Waals surface area contributed by atoms with Crippen molar-refractivity contribution in [1.29, 1.82) is 0 Å². The fourth-order valence-corrected chi connectivity index (χ4v) is 5.63. The van der Waals surface area contributed by atoms with Crippen LogP contribution in [-0.4, -0.2) is 35.9 Å². The van der Waals surface area contributed by atoms with E-state index in [-0.39, 0.29) is 30.2 Å². The van der Waals surface area contributed by atoms with Gasteiger partial charge in [-0.3, -0.25) is 19.3 Å². The second-order valence-corrected chi connectivity index (χ2v) is 10.6. The molecule has 1 aromatic heterocycles. The Labute approximate surface area is 240 Å². The molecule has 0 radical (unpaired) electrons. The van der Waals surface area contributed by atoms with Crippen LogP contribution in [0.2, 0.25) is 0 Å². The third kappa shape index (κ3) is 6.60. The lowest BCUT2D eigenvalue weighted by molar-refractivity contribution is -0.127. The van der Waals surface area contributed by atoms with E-state index in [1.807, 2.05) is 54.7 Å². The van der Waals surface area contributed by atoms with Gasteiger partial charge in [0.05, 0.1) is 13.5 Å². The maximum atomic E-state index is 14.3. The number of H-pyrrole nitrogens is 1. The molecule has 1 aliphatic rings. The van der Waals surface area contributed by atoms with E-state index < -0.39 is 6.04 Å². The number of hydrogen-bond acceptors (Lipinski definition) is 4. The highest BCUT2D eigenvalue weighted by Gasteiger charge is 2.34. The Morgan fingerprint density at radius 1 is 0.976 bits per heavy atom. The summed E-state index contributed by atoms with van der Waals surface area (Å²) in [4.78, 5) is 44.9. The standard InChI is InChI=1S/C33H36N4O4/c1-22(38)35-26-15-17-27(18-16-26)37(31(39)20-24-21-34-30-14-7-6-13-29(24)30)32(23-9-8-12-28(19-23)41-2)33(40)36-25-10-4-3-5-11-25/h6-9,12-19,21,25,32,34H,3-5,10-11,20H2,1-2H3,(H,35,38)(H,36,40)/t32-/m0/s1. The molecule has 3 amide bonds. The predicted molar refractivity (Wildman–Crippen MR) is 161 cm³/mol. The number of methoxy groups -OCH3 is 1. The number of anilines is 2. The second-order valence-electron chi connectivity index (χ2n) is 10.6. The number of ether oxygens (including phenoxy) is 1. The van der Waals surface area contributed by atoms with Gasteiger partial charge in [-0.1, -0.05) is 49.6 Å². The summed E-state index contributed by atoms with van der Waals surface area (Å²) in [6, 6.07) is 21.3. The molecule has 1 aliphatic carbocycles. The number of amides is 3. The molecule has 0 unspecified atom stereocenters. The molecule has 212 valence electrons. The lowest BCUT2D eigenvalue weighted by atomic mass is 9.94. The second kappa shape index (κ2) is 12.7. The van der Waals surface area contributed by atoms with Crippen molar-refractivity contribution in [2.75, 3.05) is 17.3 Å². The van der Waals surface area contributed by atoms with Crippen LogP contribution in [-0.2, 0) is 20.8 Å². The van der Waals surface area contributed by atoms with Crippen molar-refractivity contribution in [2.45, 2.75) is 57.5 Å². The van der Waals surface area contributed by atoms with Gasteiger partial charge in [0, 0.05) is 41.4 Å². The van der Waals surface area contributed by atoms with Gasteiger partial charge in [-0.2, -0.15) is 0 Å². The zero-order valence-corrected chi connectivity index (χ0v) is 23.5. The molecule has 5 rings (SSSR count). The number of nitrogens with zero attached hydrogens (tertiary/aromatic N) is 1. The number of carbonyl (C=O) groups is 3. The summed E-state index contributed by atoms with van der Waals surface area (Å²) >= 11 is 0. The van der Waals surface area contributed by atoms with Crippen molar-refractivity contribution in [1.82, 2.24) is 10.3 Å². The monoisotopic (exact) mass is 552 g/mol. The minimum atomic E-state index is -0.934. The van der Waals surface area contributed by atoms with Gasteiger partial charge in [0.15, 0.2) is 0 Å². The Morgan fingerprint density at radius 2 is 1.73 bits per heavy atom. The topological polar surface area (TPSA) is 104 Å². The zero-order chi connectivity index (χ0) is 28.8. The number of nitrogens with one attached hydrogen (secondary N) is 3. The highest BCUT2D eigenvalue weighted by molar-refractivity contribution is 6.03. The quantitative estimate of drug-likeness (QED) is 0.240. The van der Waals surface area contributed by atoms with E-state index in [0.29, 0.717) is 22.7 Å². The number of fused-ring (bicyclic) bond motifs is 1. The molecule has 3 N–H and O–H groups in total. The molecular weight excluding hydrogens is 516 g/mol. The number of benzene rings is 3. The summed E-state index contributed by atoms with van der Waals surface area (Å²) in [6.07, 6.45) is 7.10. The Kier molecular flexibility index (Phi) is 8.67. The van der Waals surface area contributed by atoms with Crippen LogP contribution < -0.4 is 20.3 Å². The Hall–Kier alpha value is -4.59. The van der Waals surface area contributed by atoms with Crippen molar-refractivity contribution in [3.8, 4) is 5.75 Å².